The van der Waals surface area contributed by atoms with E-state index in [1.165, 1.54) is 7.11 Å². The molecule has 0 bridgehead atoms. The summed E-state index contributed by atoms with van der Waals surface area (Å²) in [6.45, 7) is 0. The quantitative estimate of drug-likeness (QED) is 0.438. The molecule has 0 spiro atoms. The average molecular weight is 288 g/mol. The van der Waals surface area contributed by atoms with Crippen molar-refractivity contribution in [1.82, 2.24) is 0 Å². The van der Waals surface area contributed by atoms with Crippen molar-refractivity contribution >= 4 is 22.6 Å². The zero-order valence-electron chi connectivity index (χ0n) is 6.00. The number of halogens is 4. The fourth-order valence-electron chi connectivity index (χ4n) is 0.700. The van der Waals surface area contributed by atoms with Gasteiger partial charge in [0.15, 0.2) is 17.4 Å². The maximum Gasteiger partial charge on any atom is 0.203 e. The van der Waals surface area contributed by atoms with Crippen molar-refractivity contribution in [3.05, 3.63) is 27.1 Å². The smallest absolute Gasteiger partial charge is 0.203 e. The fourth-order valence-corrected chi connectivity index (χ4v) is 1.22. The molecule has 0 fully saturated rings. The van der Waals surface area contributed by atoms with E-state index in [1.54, 1.807) is 22.6 Å². The lowest BCUT2D eigenvalue weighted by Gasteiger charge is -2.04. The molecule has 12 heavy (non-hydrogen) atoms. The van der Waals surface area contributed by atoms with Crippen molar-refractivity contribution in [3.63, 3.8) is 0 Å². The first-order chi connectivity index (χ1) is 5.57. The van der Waals surface area contributed by atoms with Crippen molar-refractivity contribution in [2.45, 2.75) is 0 Å². The predicted molar refractivity (Wildman–Crippen MR) is 45.6 cm³/mol. The third-order valence-electron chi connectivity index (χ3n) is 1.29. The van der Waals surface area contributed by atoms with Crippen LogP contribution in [0.5, 0.6) is 5.75 Å². The Morgan fingerprint density at radius 3 is 2.25 bits per heavy atom. The van der Waals surface area contributed by atoms with Crippen molar-refractivity contribution in [3.8, 4) is 5.75 Å². The van der Waals surface area contributed by atoms with Crippen LogP contribution in [-0.4, -0.2) is 7.11 Å². The molecule has 0 aliphatic heterocycles. The van der Waals surface area contributed by atoms with Crippen molar-refractivity contribution in [1.29, 1.82) is 0 Å². The molecule has 0 amide bonds. The van der Waals surface area contributed by atoms with Crippen LogP contribution in [0.1, 0.15) is 0 Å². The highest BCUT2D eigenvalue weighted by molar-refractivity contribution is 14.1. The van der Waals surface area contributed by atoms with Gasteiger partial charge in [-0.15, -0.1) is 0 Å². The number of methoxy groups -OCH3 is 1. The lowest BCUT2D eigenvalue weighted by molar-refractivity contribution is 0.359. The number of hydrogen-bond acceptors (Lipinski definition) is 1. The molecule has 1 rings (SSSR count). The van der Waals surface area contributed by atoms with Crippen LogP contribution in [0.2, 0.25) is 0 Å². The van der Waals surface area contributed by atoms with Crippen LogP contribution >= 0.6 is 22.6 Å². The Balaban J connectivity index is 3.39. The Hall–Kier alpha value is -0.460. The first-order valence-corrected chi connectivity index (χ1v) is 4.02. The maximum absolute atomic E-state index is 12.7. The Morgan fingerprint density at radius 2 is 1.75 bits per heavy atom. The molecule has 0 heterocycles. The number of ether oxygens (including phenoxy) is 1. The predicted octanol–water partition coefficient (Wildman–Crippen LogP) is 2.72. The van der Waals surface area contributed by atoms with Crippen LogP contribution in [0, 0.1) is 21.0 Å². The van der Waals surface area contributed by atoms with Crippen LogP contribution in [-0.2, 0) is 0 Å². The molecule has 0 saturated carbocycles. The molecule has 0 atom stereocenters. The van der Waals surface area contributed by atoms with Gasteiger partial charge in [-0.1, -0.05) is 0 Å². The van der Waals surface area contributed by atoms with E-state index in [-0.39, 0.29) is 9.32 Å². The van der Waals surface area contributed by atoms with Crippen molar-refractivity contribution in [2.24, 2.45) is 0 Å². The van der Waals surface area contributed by atoms with E-state index in [2.05, 4.69) is 4.74 Å². The molecule has 1 nitrogen and oxygen atoms in total. The van der Waals surface area contributed by atoms with E-state index in [1.807, 2.05) is 0 Å². The molecule has 1 aromatic rings. The Morgan fingerprint density at radius 1 is 1.17 bits per heavy atom. The van der Waals surface area contributed by atoms with Gasteiger partial charge < -0.3 is 4.74 Å². The van der Waals surface area contributed by atoms with E-state index < -0.39 is 17.5 Å². The van der Waals surface area contributed by atoms with Gasteiger partial charge in [0.2, 0.25) is 5.82 Å². The zero-order chi connectivity index (χ0) is 9.30. The van der Waals surface area contributed by atoms with E-state index in [0.717, 1.165) is 6.07 Å². The summed E-state index contributed by atoms with van der Waals surface area (Å²) in [5.41, 5.74) is 0. The van der Waals surface area contributed by atoms with Crippen LogP contribution in [0.25, 0.3) is 0 Å². The first-order valence-electron chi connectivity index (χ1n) is 2.95. The number of benzene rings is 1. The molecule has 0 saturated heterocycles. The highest BCUT2D eigenvalue weighted by Crippen LogP contribution is 2.25. The minimum atomic E-state index is -1.50. The summed E-state index contributed by atoms with van der Waals surface area (Å²) in [5, 5.41) is 0. The van der Waals surface area contributed by atoms with E-state index in [4.69, 9.17) is 0 Å². The second kappa shape index (κ2) is 3.51. The SMILES string of the molecule is COc1cc(I)c(F)c(F)c1F. The van der Waals surface area contributed by atoms with Gasteiger partial charge in [0, 0.05) is 0 Å². The molecule has 5 heteroatoms. The first kappa shape index (κ1) is 9.63. The third kappa shape index (κ3) is 1.50. The van der Waals surface area contributed by atoms with Gasteiger partial charge in [-0.3, -0.25) is 0 Å². The van der Waals surface area contributed by atoms with Crippen LogP contribution < -0.4 is 4.74 Å². The summed E-state index contributed by atoms with van der Waals surface area (Å²) in [6.07, 6.45) is 0. The molecule has 1 aromatic carbocycles. The lowest BCUT2D eigenvalue weighted by Crippen LogP contribution is -1.98. The second-order valence-corrected chi connectivity index (χ2v) is 3.16. The Labute approximate surface area is 80.7 Å². The van der Waals surface area contributed by atoms with Gasteiger partial charge >= 0.3 is 0 Å². The van der Waals surface area contributed by atoms with Crippen molar-refractivity contribution < 1.29 is 17.9 Å². The standard InChI is InChI=1S/C7H4F3IO/c1-12-4-2-3(11)5(8)7(10)6(4)9/h2H,1H3. The zero-order valence-corrected chi connectivity index (χ0v) is 8.15. The lowest BCUT2D eigenvalue weighted by atomic mass is 10.3. The topological polar surface area (TPSA) is 9.23 Å². The van der Waals surface area contributed by atoms with Crippen molar-refractivity contribution in [2.75, 3.05) is 7.11 Å². The minimum Gasteiger partial charge on any atom is -0.494 e. The van der Waals surface area contributed by atoms with Crippen LogP contribution in [0.15, 0.2) is 6.07 Å². The molecule has 66 valence electrons. The molecule has 0 aliphatic carbocycles. The highest BCUT2D eigenvalue weighted by atomic mass is 127. The molecule has 0 unspecified atom stereocenters. The van der Waals surface area contributed by atoms with Crippen LogP contribution in [0.3, 0.4) is 0 Å². The van der Waals surface area contributed by atoms with Gasteiger partial charge in [-0.05, 0) is 28.7 Å². The van der Waals surface area contributed by atoms with Gasteiger partial charge in [0.25, 0.3) is 0 Å². The molecule has 0 radical (unpaired) electrons. The fraction of sp³-hybridized carbons (Fsp3) is 0.143. The average Bonchev–Trinajstić information content (AvgIpc) is 2.08. The summed E-state index contributed by atoms with van der Waals surface area (Å²) in [7, 11) is 1.19. The van der Waals surface area contributed by atoms with Gasteiger partial charge in [0.1, 0.15) is 0 Å². The van der Waals surface area contributed by atoms with Gasteiger partial charge in [-0.25, -0.2) is 8.78 Å². The molecule has 0 N–H and O–H groups in total. The summed E-state index contributed by atoms with van der Waals surface area (Å²) >= 11 is 1.55. The second-order valence-electron chi connectivity index (χ2n) is 2.00. The maximum atomic E-state index is 12.7. The van der Waals surface area contributed by atoms with E-state index >= 15 is 0 Å². The van der Waals surface area contributed by atoms with E-state index in [0.29, 0.717) is 0 Å². The minimum absolute atomic E-state index is 0.0108. The third-order valence-corrected chi connectivity index (χ3v) is 2.07. The molecular formula is C7H4F3IO. The summed E-state index contributed by atoms with van der Waals surface area (Å²) in [4.78, 5) is 0. The van der Waals surface area contributed by atoms with E-state index in [9.17, 15) is 13.2 Å². The summed E-state index contributed by atoms with van der Waals surface area (Å²) in [5.74, 6) is -4.28. The Bertz CT molecular complexity index is 314. The monoisotopic (exact) mass is 288 g/mol. The molecule has 0 aromatic heterocycles. The van der Waals surface area contributed by atoms with Crippen LogP contribution in [0.4, 0.5) is 13.2 Å². The number of hydrogen-bond donors (Lipinski definition) is 0. The molecular weight excluding hydrogens is 284 g/mol. The van der Waals surface area contributed by atoms with Gasteiger partial charge in [0.05, 0.1) is 10.7 Å². The normalized spacial score (nSPS) is 10.1. The largest absolute Gasteiger partial charge is 0.494 e. The molecule has 0 aliphatic rings. The summed E-state index contributed by atoms with van der Waals surface area (Å²) in [6, 6.07) is 1.09. The Kier molecular flexibility index (Phi) is 2.81. The van der Waals surface area contributed by atoms with Gasteiger partial charge in [-0.2, -0.15) is 4.39 Å². The summed E-state index contributed by atoms with van der Waals surface area (Å²) < 4.78 is 42.4. The number of rotatable bonds is 1. The highest BCUT2D eigenvalue weighted by Gasteiger charge is 2.17.